The molecule has 2 heteroatoms. The largest absolute Gasteiger partial charge is 0.366 e. The average Bonchev–Trinajstić information content (AvgIpc) is 2.40. The number of nitrogens with two attached hydrogens (primary N) is 1. The van der Waals surface area contributed by atoms with Crippen LogP contribution < -0.4 is 5.73 Å². The number of hydrogen-bond donors (Lipinski definition) is 1. The lowest BCUT2D eigenvalue weighted by Gasteiger charge is -2.19. The zero-order valence-corrected chi connectivity index (χ0v) is 10.3. The third-order valence-electron chi connectivity index (χ3n) is 3.03. The lowest BCUT2D eigenvalue weighted by molar-refractivity contribution is -0.114. The van der Waals surface area contributed by atoms with Crippen molar-refractivity contribution in [3.05, 3.63) is 59.2 Å². The summed E-state index contributed by atoms with van der Waals surface area (Å²) in [5, 5.41) is 0. The molecule has 0 radical (unpaired) electrons. The van der Waals surface area contributed by atoms with E-state index in [2.05, 4.69) is 17.9 Å². The van der Waals surface area contributed by atoms with Crippen molar-refractivity contribution in [1.29, 1.82) is 0 Å². The first-order valence-electron chi connectivity index (χ1n) is 5.91. The maximum absolute atomic E-state index is 11.4. The predicted molar refractivity (Wildman–Crippen MR) is 72.8 cm³/mol. The molecule has 1 aliphatic carbocycles. The second kappa shape index (κ2) is 5.37. The molecule has 1 aliphatic rings. The molecule has 0 fully saturated rings. The highest BCUT2D eigenvalue weighted by atomic mass is 16.1. The van der Waals surface area contributed by atoms with E-state index < -0.39 is 0 Å². The molecule has 2 nitrogen and oxygen atoms in total. The van der Waals surface area contributed by atoms with Crippen molar-refractivity contribution in [2.45, 2.75) is 19.3 Å². The van der Waals surface area contributed by atoms with Crippen molar-refractivity contribution in [2.24, 2.45) is 5.73 Å². The summed E-state index contributed by atoms with van der Waals surface area (Å²) in [5.41, 5.74) is 8.17. The number of hydrogen-bond acceptors (Lipinski definition) is 1. The molecule has 0 spiro atoms. The van der Waals surface area contributed by atoms with Crippen LogP contribution in [-0.4, -0.2) is 5.91 Å². The Morgan fingerprint density at radius 1 is 1.33 bits per heavy atom. The third-order valence-corrected chi connectivity index (χ3v) is 3.03. The van der Waals surface area contributed by atoms with Crippen molar-refractivity contribution in [3.8, 4) is 11.8 Å². The van der Waals surface area contributed by atoms with E-state index in [0.29, 0.717) is 5.57 Å². The van der Waals surface area contributed by atoms with Crippen LogP contribution >= 0.6 is 0 Å². The molecular weight excluding hydrogens is 222 g/mol. The first-order chi connectivity index (χ1) is 8.72. The standard InChI is InChI=1S/C16H15NO/c1-2-5-12-8-10-13(11-9-12)14-6-3-4-7-15(14)16(17)18/h3-4,7-11,14H,6H2,1H3,(H2,17,18). The highest BCUT2D eigenvalue weighted by Gasteiger charge is 2.21. The van der Waals surface area contributed by atoms with Gasteiger partial charge in [-0.25, -0.2) is 0 Å². The molecular formula is C16H15NO. The van der Waals surface area contributed by atoms with Crippen LogP contribution in [-0.2, 0) is 4.79 Å². The van der Waals surface area contributed by atoms with Crippen LogP contribution in [0.5, 0.6) is 0 Å². The molecule has 2 rings (SSSR count). The summed E-state index contributed by atoms with van der Waals surface area (Å²) in [5.74, 6) is 5.59. The summed E-state index contributed by atoms with van der Waals surface area (Å²) >= 11 is 0. The SMILES string of the molecule is CC#Cc1ccc(C2CC=CC=C2C(N)=O)cc1. The molecule has 2 N–H and O–H groups in total. The quantitative estimate of drug-likeness (QED) is 0.789. The molecule has 0 saturated heterocycles. The van der Waals surface area contributed by atoms with Gasteiger partial charge in [0.15, 0.2) is 0 Å². The summed E-state index contributed by atoms with van der Waals surface area (Å²) < 4.78 is 0. The molecule has 1 unspecified atom stereocenters. The van der Waals surface area contributed by atoms with E-state index in [4.69, 9.17) is 5.73 Å². The molecule has 0 heterocycles. The van der Waals surface area contributed by atoms with Gasteiger partial charge in [0.25, 0.3) is 0 Å². The summed E-state index contributed by atoms with van der Waals surface area (Å²) in [6.45, 7) is 1.81. The zero-order chi connectivity index (χ0) is 13.0. The predicted octanol–water partition coefficient (Wildman–Crippen LogP) is 2.51. The summed E-state index contributed by atoms with van der Waals surface area (Å²) in [6.07, 6.45) is 6.55. The van der Waals surface area contributed by atoms with Gasteiger partial charge in [0, 0.05) is 17.1 Å². The van der Waals surface area contributed by atoms with Crippen LogP contribution in [0, 0.1) is 11.8 Å². The number of allylic oxidation sites excluding steroid dienone is 3. The Balaban J connectivity index is 2.30. The minimum atomic E-state index is -0.346. The van der Waals surface area contributed by atoms with Crippen molar-refractivity contribution >= 4 is 5.91 Å². The van der Waals surface area contributed by atoms with Gasteiger partial charge in [-0.15, -0.1) is 5.92 Å². The van der Waals surface area contributed by atoms with E-state index in [1.807, 2.05) is 37.3 Å². The Kier molecular flexibility index (Phi) is 3.64. The molecule has 1 aromatic rings. The molecule has 1 atom stereocenters. The maximum atomic E-state index is 11.4. The summed E-state index contributed by atoms with van der Waals surface area (Å²) in [4.78, 5) is 11.4. The van der Waals surface area contributed by atoms with E-state index in [1.165, 1.54) is 0 Å². The first kappa shape index (κ1) is 12.2. The fourth-order valence-electron chi connectivity index (χ4n) is 2.14. The van der Waals surface area contributed by atoms with E-state index in [-0.39, 0.29) is 11.8 Å². The van der Waals surface area contributed by atoms with Gasteiger partial charge in [-0.1, -0.05) is 36.3 Å². The fourth-order valence-corrected chi connectivity index (χ4v) is 2.14. The van der Waals surface area contributed by atoms with Crippen LogP contribution in [0.3, 0.4) is 0 Å². The van der Waals surface area contributed by atoms with Gasteiger partial charge in [-0.2, -0.15) is 0 Å². The number of amides is 1. The average molecular weight is 237 g/mol. The number of rotatable bonds is 2. The Morgan fingerprint density at radius 3 is 2.67 bits per heavy atom. The van der Waals surface area contributed by atoms with Crippen molar-refractivity contribution < 1.29 is 4.79 Å². The lowest BCUT2D eigenvalue weighted by atomic mass is 9.85. The maximum Gasteiger partial charge on any atom is 0.245 e. The van der Waals surface area contributed by atoms with Gasteiger partial charge in [0.2, 0.25) is 5.91 Å². The van der Waals surface area contributed by atoms with Crippen molar-refractivity contribution in [3.63, 3.8) is 0 Å². The molecule has 1 amide bonds. The van der Waals surface area contributed by atoms with Crippen LogP contribution in [0.15, 0.2) is 48.1 Å². The molecule has 18 heavy (non-hydrogen) atoms. The third kappa shape index (κ3) is 2.52. The van der Waals surface area contributed by atoms with Gasteiger partial charge in [-0.05, 0) is 31.0 Å². The second-order valence-electron chi connectivity index (χ2n) is 4.20. The highest BCUT2D eigenvalue weighted by Crippen LogP contribution is 2.30. The van der Waals surface area contributed by atoms with Crippen LogP contribution in [0.25, 0.3) is 0 Å². The van der Waals surface area contributed by atoms with E-state index in [0.717, 1.165) is 17.5 Å². The van der Waals surface area contributed by atoms with Gasteiger partial charge in [-0.3, -0.25) is 4.79 Å². The number of primary amides is 1. The monoisotopic (exact) mass is 237 g/mol. The summed E-state index contributed by atoms with van der Waals surface area (Å²) in [6, 6.07) is 7.98. The van der Waals surface area contributed by atoms with Crippen molar-refractivity contribution in [1.82, 2.24) is 0 Å². The van der Waals surface area contributed by atoms with Gasteiger partial charge < -0.3 is 5.73 Å². The Labute approximate surface area is 107 Å². The molecule has 0 bridgehead atoms. The Bertz CT molecular complexity index is 567. The molecule has 0 aromatic heterocycles. The van der Waals surface area contributed by atoms with E-state index in [9.17, 15) is 4.79 Å². The van der Waals surface area contributed by atoms with E-state index >= 15 is 0 Å². The first-order valence-corrected chi connectivity index (χ1v) is 5.91. The van der Waals surface area contributed by atoms with Gasteiger partial charge >= 0.3 is 0 Å². The highest BCUT2D eigenvalue weighted by molar-refractivity contribution is 5.94. The molecule has 1 aromatic carbocycles. The smallest absolute Gasteiger partial charge is 0.245 e. The Morgan fingerprint density at radius 2 is 2.06 bits per heavy atom. The summed E-state index contributed by atoms with van der Waals surface area (Å²) in [7, 11) is 0. The number of carbonyl (C=O) groups is 1. The van der Waals surface area contributed by atoms with E-state index in [1.54, 1.807) is 6.08 Å². The van der Waals surface area contributed by atoms with Crippen molar-refractivity contribution in [2.75, 3.05) is 0 Å². The second-order valence-corrected chi connectivity index (χ2v) is 4.20. The fraction of sp³-hybridized carbons (Fsp3) is 0.188. The minimum Gasteiger partial charge on any atom is -0.366 e. The Hall–Kier alpha value is -2.27. The van der Waals surface area contributed by atoms with Gasteiger partial charge in [0.05, 0.1) is 0 Å². The number of carbonyl (C=O) groups excluding carboxylic acids is 1. The normalized spacial score (nSPS) is 17.6. The van der Waals surface area contributed by atoms with Gasteiger partial charge in [0.1, 0.15) is 0 Å². The zero-order valence-electron chi connectivity index (χ0n) is 10.3. The van der Waals surface area contributed by atoms with Crippen LogP contribution in [0.1, 0.15) is 30.4 Å². The molecule has 0 aliphatic heterocycles. The number of benzene rings is 1. The lowest BCUT2D eigenvalue weighted by Crippen LogP contribution is -2.20. The van der Waals surface area contributed by atoms with Crippen LogP contribution in [0.4, 0.5) is 0 Å². The minimum absolute atomic E-state index is 0.0659. The molecule has 90 valence electrons. The topological polar surface area (TPSA) is 43.1 Å². The molecule has 0 saturated carbocycles. The van der Waals surface area contributed by atoms with Crippen LogP contribution in [0.2, 0.25) is 0 Å².